The smallest absolute Gasteiger partial charge is 0.137 e. The maximum atomic E-state index is 11.4. The van der Waals surface area contributed by atoms with Crippen molar-refractivity contribution >= 4 is 5.78 Å². The summed E-state index contributed by atoms with van der Waals surface area (Å²) in [6.07, 6.45) is 2.45. The molecule has 0 bridgehead atoms. The third kappa shape index (κ3) is 2.63. The normalized spacial score (nSPS) is 18.6. The summed E-state index contributed by atoms with van der Waals surface area (Å²) in [6.45, 7) is 1.39. The van der Waals surface area contributed by atoms with E-state index in [1.54, 1.807) is 0 Å². The van der Waals surface area contributed by atoms with Crippen LogP contribution in [0.4, 0.5) is 0 Å². The topological polar surface area (TPSA) is 50.1 Å². The van der Waals surface area contributed by atoms with Crippen LogP contribution in [0.1, 0.15) is 25.7 Å². The fourth-order valence-electron chi connectivity index (χ4n) is 1.40. The van der Waals surface area contributed by atoms with Crippen molar-refractivity contribution in [3.05, 3.63) is 0 Å². The number of nitrogens with zero attached hydrogens (tertiary/aromatic N) is 1. The molecule has 1 aliphatic rings. The fraction of sp³-hybridized carbons (Fsp3) is 0.778. The number of ketones is 1. The first kappa shape index (κ1) is 9.21. The first-order valence-electron chi connectivity index (χ1n) is 4.32. The molecule has 1 fully saturated rings. The molecule has 0 unspecified atom stereocenters. The molecule has 12 heavy (non-hydrogen) atoms. The highest BCUT2D eigenvalue weighted by atomic mass is 16.5. The minimum atomic E-state index is 0.159. The Kier molecular flexibility index (Phi) is 3.75. The zero-order valence-corrected chi connectivity index (χ0v) is 7.08. The standard InChI is InChI=1S/C9H13NO2/c10-5-1-2-9(11)8-3-6-12-7-4-8/h8H,1-4,6-7H2. The van der Waals surface area contributed by atoms with Gasteiger partial charge in [-0.15, -0.1) is 0 Å². The number of hydrogen-bond acceptors (Lipinski definition) is 3. The van der Waals surface area contributed by atoms with Crippen molar-refractivity contribution in [1.82, 2.24) is 0 Å². The molecule has 1 saturated heterocycles. The van der Waals surface area contributed by atoms with Crippen LogP contribution in [-0.2, 0) is 9.53 Å². The first-order valence-corrected chi connectivity index (χ1v) is 4.32. The summed E-state index contributed by atoms with van der Waals surface area (Å²) < 4.78 is 5.14. The Morgan fingerprint density at radius 3 is 2.75 bits per heavy atom. The number of hydrogen-bond donors (Lipinski definition) is 0. The van der Waals surface area contributed by atoms with E-state index in [0.29, 0.717) is 26.1 Å². The van der Waals surface area contributed by atoms with E-state index in [1.165, 1.54) is 0 Å². The Morgan fingerprint density at radius 2 is 2.17 bits per heavy atom. The van der Waals surface area contributed by atoms with E-state index in [2.05, 4.69) is 0 Å². The lowest BCUT2D eigenvalue weighted by Gasteiger charge is -2.20. The monoisotopic (exact) mass is 167 g/mol. The summed E-state index contributed by atoms with van der Waals surface area (Å²) in [5, 5.41) is 8.29. The molecule has 0 radical (unpaired) electrons. The van der Waals surface area contributed by atoms with Crippen LogP contribution in [0.3, 0.4) is 0 Å². The van der Waals surface area contributed by atoms with E-state index < -0.39 is 0 Å². The third-order valence-corrected chi connectivity index (χ3v) is 2.16. The van der Waals surface area contributed by atoms with Crippen LogP contribution in [0.15, 0.2) is 0 Å². The SMILES string of the molecule is N#CCCC(=O)C1CCOCC1. The van der Waals surface area contributed by atoms with Crippen LogP contribution in [0.25, 0.3) is 0 Å². The van der Waals surface area contributed by atoms with Gasteiger partial charge in [-0.1, -0.05) is 0 Å². The summed E-state index contributed by atoms with van der Waals surface area (Å²) in [7, 11) is 0. The molecule has 0 aromatic rings. The van der Waals surface area contributed by atoms with Crippen molar-refractivity contribution in [3.63, 3.8) is 0 Å². The molecule has 0 aromatic carbocycles. The molecule has 0 aromatic heterocycles. The van der Waals surface area contributed by atoms with Crippen LogP contribution in [0.2, 0.25) is 0 Å². The molecule has 1 rings (SSSR count). The van der Waals surface area contributed by atoms with E-state index in [0.717, 1.165) is 12.8 Å². The Balaban J connectivity index is 2.26. The molecule has 0 N–H and O–H groups in total. The van der Waals surface area contributed by atoms with E-state index in [4.69, 9.17) is 10.00 Å². The van der Waals surface area contributed by atoms with E-state index >= 15 is 0 Å². The molecular weight excluding hydrogens is 154 g/mol. The molecule has 3 heteroatoms. The highest BCUT2D eigenvalue weighted by Crippen LogP contribution is 2.17. The van der Waals surface area contributed by atoms with Gasteiger partial charge in [-0.05, 0) is 12.8 Å². The Labute approximate surface area is 72.3 Å². The van der Waals surface area contributed by atoms with Gasteiger partial charge in [0.2, 0.25) is 0 Å². The minimum absolute atomic E-state index is 0.159. The van der Waals surface area contributed by atoms with Crippen molar-refractivity contribution in [2.24, 2.45) is 5.92 Å². The van der Waals surface area contributed by atoms with Crippen molar-refractivity contribution in [2.45, 2.75) is 25.7 Å². The van der Waals surface area contributed by atoms with Gasteiger partial charge in [0.15, 0.2) is 0 Å². The highest BCUT2D eigenvalue weighted by Gasteiger charge is 2.20. The van der Waals surface area contributed by atoms with Gasteiger partial charge in [0.05, 0.1) is 6.07 Å². The van der Waals surface area contributed by atoms with E-state index in [-0.39, 0.29) is 11.7 Å². The summed E-state index contributed by atoms with van der Waals surface area (Å²) in [4.78, 5) is 11.4. The van der Waals surface area contributed by atoms with Crippen molar-refractivity contribution in [3.8, 4) is 6.07 Å². The lowest BCUT2D eigenvalue weighted by molar-refractivity contribution is -0.125. The summed E-state index contributed by atoms with van der Waals surface area (Å²) in [5.74, 6) is 0.395. The zero-order valence-electron chi connectivity index (χ0n) is 7.08. The van der Waals surface area contributed by atoms with Crippen LogP contribution < -0.4 is 0 Å². The molecule has 66 valence electrons. The van der Waals surface area contributed by atoms with E-state index in [9.17, 15) is 4.79 Å². The molecule has 0 spiro atoms. The summed E-state index contributed by atoms with van der Waals surface area (Å²) >= 11 is 0. The van der Waals surface area contributed by atoms with Gasteiger partial charge in [-0.3, -0.25) is 4.79 Å². The average Bonchev–Trinajstić information content (AvgIpc) is 2.15. The van der Waals surface area contributed by atoms with Crippen LogP contribution >= 0.6 is 0 Å². The number of carbonyl (C=O) groups excluding carboxylic acids is 1. The Morgan fingerprint density at radius 1 is 1.50 bits per heavy atom. The molecule has 1 aliphatic heterocycles. The van der Waals surface area contributed by atoms with Crippen molar-refractivity contribution < 1.29 is 9.53 Å². The first-order chi connectivity index (χ1) is 5.84. The molecule has 0 amide bonds. The van der Waals surface area contributed by atoms with Gasteiger partial charge >= 0.3 is 0 Å². The number of carbonyl (C=O) groups is 1. The van der Waals surface area contributed by atoms with Gasteiger partial charge in [0.25, 0.3) is 0 Å². The fourth-order valence-corrected chi connectivity index (χ4v) is 1.40. The van der Waals surface area contributed by atoms with Crippen LogP contribution in [-0.4, -0.2) is 19.0 Å². The molecule has 0 saturated carbocycles. The largest absolute Gasteiger partial charge is 0.381 e. The maximum absolute atomic E-state index is 11.4. The van der Waals surface area contributed by atoms with Gasteiger partial charge in [0.1, 0.15) is 5.78 Å². The van der Waals surface area contributed by atoms with Gasteiger partial charge in [-0.2, -0.15) is 5.26 Å². The number of ether oxygens (including phenoxy) is 1. The quantitative estimate of drug-likeness (QED) is 0.636. The molecule has 0 aliphatic carbocycles. The highest BCUT2D eigenvalue weighted by molar-refractivity contribution is 5.81. The van der Waals surface area contributed by atoms with Crippen LogP contribution in [0, 0.1) is 17.2 Å². The van der Waals surface area contributed by atoms with Gasteiger partial charge < -0.3 is 4.74 Å². The van der Waals surface area contributed by atoms with Gasteiger partial charge in [0, 0.05) is 32.0 Å². The predicted octanol–water partition coefficient (Wildman–Crippen LogP) is 1.29. The third-order valence-electron chi connectivity index (χ3n) is 2.16. The lowest BCUT2D eigenvalue weighted by Crippen LogP contribution is -2.23. The Bertz CT molecular complexity index is 189. The predicted molar refractivity (Wildman–Crippen MR) is 43.4 cm³/mol. The molecular formula is C9H13NO2. The number of nitriles is 1. The average molecular weight is 167 g/mol. The lowest BCUT2D eigenvalue weighted by atomic mass is 9.93. The van der Waals surface area contributed by atoms with E-state index in [1.807, 2.05) is 6.07 Å². The zero-order chi connectivity index (χ0) is 8.81. The second-order valence-electron chi connectivity index (χ2n) is 3.01. The Hall–Kier alpha value is -0.880. The van der Waals surface area contributed by atoms with Crippen LogP contribution in [0.5, 0.6) is 0 Å². The summed E-state index contributed by atoms with van der Waals surface area (Å²) in [5.41, 5.74) is 0. The van der Waals surface area contributed by atoms with Crippen molar-refractivity contribution in [1.29, 1.82) is 5.26 Å². The second kappa shape index (κ2) is 4.89. The minimum Gasteiger partial charge on any atom is -0.381 e. The molecule has 1 heterocycles. The molecule has 3 nitrogen and oxygen atoms in total. The number of Topliss-reactive ketones (excluding diaryl/α,β-unsaturated/α-hetero) is 1. The summed E-state index contributed by atoms with van der Waals surface area (Å²) in [6, 6.07) is 1.99. The molecule has 0 atom stereocenters. The van der Waals surface area contributed by atoms with Crippen molar-refractivity contribution in [2.75, 3.05) is 13.2 Å². The maximum Gasteiger partial charge on any atom is 0.137 e. The second-order valence-corrected chi connectivity index (χ2v) is 3.01. The number of rotatable bonds is 3. The van der Waals surface area contributed by atoms with Gasteiger partial charge in [-0.25, -0.2) is 0 Å².